The van der Waals surface area contributed by atoms with E-state index in [-0.39, 0.29) is 18.0 Å². The van der Waals surface area contributed by atoms with Gasteiger partial charge in [0.05, 0.1) is 16.1 Å². The number of hydrogen-bond acceptors (Lipinski definition) is 2. The third-order valence-electron chi connectivity index (χ3n) is 2.58. The number of halogens is 1. The molecule has 0 atom stereocenters. The van der Waals surface area contributed by atoms with Crippen LogP contribution in [0.4, 0.5) is 0 Å². The minimum Gasteiger partial charge on any atom is -0.350 e. The van der Waals surface area contributed by atoms with Crippen LogP contribution in [-0.4, -0.2) is 21.0 Å². The van der Waals surface area contributed by atoms with Gasteiger partial charge in [-0.2, -0.15) is 0 Å². The summed E-state index contributed by atoms with van der Waals surface area (Å²) in [5.74, 6) is -0.0792. The molecule has 102 valence electrons. The van der Waals surface area contributed by atoms with Crippen molar-refractivity contribution >= 4 is 40.8 Å². The Morgan fingerprint density at radius 3 is 2.79 bits per heavy atom. The van der Waals surface area contributed by atoms with E-state index in [2.05, 4.69) is 10.3 Å². The molecule has 0 saturated heterocycles. The summed E-state index contributed by atoms with van der Waals surface area (Å²) in [4.78, 5) is 15.0. The fourth-order valence-electron chi connectivity index (χ4n) is 1.90. The number of nitrogens with one attached hydrogen (secondary N) is 2. The van der Waals surface area contributed by atoms with Crippen LogP contribution in [0.25, 0.3) is 11.0 Å². The van der Waals surface area contributed by atoms with E-state index in [1.165, 1.54) is 0 Å². The Bertz CT molecular complexity index is 681. The van der Waals surface area contributed by atoms with Crippen molar-refractivity contribution in [2.24, 2.45) is 0 Å². The van der Waals surface area contributed by atoms with E-state index >= 15 is 0 Å². The Labute approximate surface area is 121 Å². The smallest absolute Gasteiger partial charge is 0.240 e. The van der Waals surface area contributed by atoms with Gasteiger partial charge in [0.25, 0.3) is 0 Å². The summed E-state index contributed by atoms with van der Waals surface area (Å²) in [5.41, 5.74) is 1.34. The summed E-state index contributed by atoms with van der Waals surface area (Å²) >= 11 is 11.3. The number of H-pyrrole nitrogens is 1. The van der Waals surface area contributed by atoms with Gasteiger partial charge in [0, 0.05) is 5.54 Å². The van der Waals surface area contributed by atoms with Crippen LogP contribution in [0.5, 0.6) is 0 Å². The van der Waals surface area contributed by atoms with Gasteiger partial charge in [-0.25, -0.2) is 0 Å². The van der Waals surface area contributed by atoms with Crippen LogP contribution in [-0.2, 0) is 11.3 Å². The van der Waals surface area contributed by atoms with Crippen molar-refractivity contribution < 1.29 is 4.79 Å². The molecule has 1 amide bonds. The van der Waals surface area contributed by atoms with Gasteiger partial charge in [-0.15, -0.1) is 0 Å². The molecule has 0 aliphatic carbocycles. The van der Waals surface area contributed by atoms with E-state index < -0.39 is 0 Å². The van der Waals surface area contributed by atoms with Gasteiger partial charge in [-0.3, -0.25) is 4.79 Å². The van der Waals surface area contributed by atoms with Crippen molar-refractivity contribution in [1.82, 2.24) is 14.9 Å². The number of aromatic amines is 1. The van der Waals surface area contributed by atoms with Crippen LogP contribution in [0, 0.1) is 4.77 Å². The van der Waals surface area contributed by atoms with Crippen LogP contribution in [0.15, 0.2) is 18.2 Å². The van der Waals surface area contributed by atoms with Gasteiger partial charge < -0.3 is 14.9 Å². The minimum atomic E-state index is -0.261. The number of benzene rings is 1. The van der Waals surface area contributed by atoms with Crippen LogP contribution in [0.2, 0.25) is 5.02 Å². The van der Waals surface area contributed by atoms with E-state index in [1.807, 2.05) is 32.9 Å². The van der Waals surface area contributed by atoms with Crippen LogP contribution in [0.1, 0.15) is 20.8 Å². The molecule has 0 saturated carbocycles. The molecule has 0 fully saturated rings. The lowest BCUT2D eigenvalue weighted by Crippen LogP contribution is -2.42. The predicted octanol–water partition coefficient (Wildman–Crippen LogP) is 3.27. The highest BCUT2D eigenvalue weighted by molar-refractivity contribution is 7.71. The van der Waals surface area contributed by atoms with Crippen molar-refractivity contribution in [2.75, 3.05) is 0 Å². The first kappa shape index (κ1) is 14.1. The minimum absolute atomic E-state index is 0.0792. The number of imidazole rings is 1. The van der Waals surface area contributed by atoms with Crippen molar-refractivity contribution in [3.05, 3.63) is 28.0 Å². The molecule has 2 aromatic rings. The number of carbonyl (C=O) groups excluding carboxylic acids is 1. The number of amides is 1. The molecule has 0 bridgehead atoms. The van der Waals surface area contributed by atoms with Gasteiger partial charge in [-0.1, -0.05) is 17.7 Å². The molecule has 4 nitrogen and oxygen atoms in total. The third-order valence-corrected chi connectivity index (χ3v) is 3.21. The molecule has 1 heterocycles. The largest absolute Gasteiger partial charge is 0.350 e. The van der Waals surface area contributed by atoms with Crippen molar-refractivity contribution in [3.8, 4) is 0 Å². The third kappa shape index (κ3) is 3.16. The van der Waals surface area contributed by atoms with Gasteiger partial charge in [-0.05, 0) is 45.1 Å². The Morgan fingerprint density at radius 1 is 1.47 bits per heavy atom. The average Bonchev–Trinajstić information content (AvgIpc) is 2.55. The summed E-state index contributed by atoms with van der Waals surface area (Å²) in [7, 11) is 0. The zero-order valence-corrected chi connectivity index (χ0v) is 12.7. The van der Waals surface area contributed by atoms with Crippen molar-refractivity contribution in [3.63, 3.8) is 0 Å². The van der Waals surface area contributed by atoms with E-state index in [0.717, 1.165) is 11.0 Å². The first-order valence-corrected chi connectivity index (χ1v) is 6.74. The van der Waals surface area contributed by atoms with E-state index in [0.29, 0.717) is 9.79 Å². The Hall–Kier alpha value is -1.33. The number of fused-ring (bicyclic) bond motifs is 1. The molecule has 19 heavy (non-hydrogen) atoms. The number of hydrogen-bond donors (Lipinski definition) is 2. The average molecular weight is 298 g/mol. The first-order valence-electron chi connectivity index (χ1n) is 5.96. The van der Waals surface area contributed by atoms with Crippen LogP contribution < -0.4 is 5.32 Å². The Balaban J connectivity index is 2.36. The molecule has 0 radical (unpaired) electrons. The second-order valence-corrected chi connectivity index (χ2v) is 6.24. The molecule has 0 aliphatic heterocycles. The van der Waals surface area contributed by atoms with Crippen LogP contribution >= 0.6 is 23.8 Å². The number of para-hydroxylation sites is 1. The normalized spacial score (nSPS) is 11.8. The maximum Gasteiger partial charge on any atom is 0.240 e. The standard InChI is InChI=1S/C13H16ClN3OS/c1-13(2,3)16-10(18)7-17-9-6-4-5-8(14)11(9)15-12(17)19/h4-6H,7H2,1-3H3,(H,15,19)(H,16,18). The molecular weight excluding hydrogens is 282 g/mol. The quantitative estimate of drug-likeness (QED) is 0.836. The number of rotatable bonds is 2. The van der Waals surface area contributed by atoms with Gasteiger partial charge in [0.15, 0.2) is 4.77 Å². The predicted molar refractivity (Wildman–Crippen MR) is 80.0 cm³/mol. The van der Waals surface area contributed by atoms with E-state index in [9.17, 15) is 4.79 Å². The summed E-state index contributed by atoms with van der Waals surface area (Å²) in [6.07, 6.45) is 0. The fourth-order valence-corrected chi connectivity index (χ4v) is 2.39. The molecule has 0 spiro atoms. The highest BCUT2D eigenvalue weighted by atomic mass is 35.5. The van der Waals surface area contributed by atoms with E-state index in [1.54, 1.807) is 10.6 Å². The van der Waals surface area contributed by atoms with Gasteiger partial charge in [0.1, 0.15) is 6.54 Å². The lowest BCUT2D eigenvalue weighted by atomic mass is 10.1. The molecule has 2 rings (SSSR count). The maximum absolute atomic E-state index is 12.0. The van der Waals surface area contributed by atoms with Crippen molar-refractivity contribution in [1.29, 1.82) is 0 Å². The molecule has 0 unspecified atom stereocenters. The van der Waals surface area contributed by atoms with Gasteiger partial charge >= 0.3 is 0 Å². The summed E-state index contributed by atoms with van der Waals surface area (Å²) in [6, 6.07) is 5.51. The zero-order chi connectivity index (χ0) is 14.2. The lowest BCUT2D eigenvalue weighted by Gasteiger charge is -2.20. The highest BCUT2D eigenvalue weighted by Gasteiger charge is 2.16. The fraction of sp³-hybridized carbons (Fsp3) is 0.385. The number of aromatic nitrogens is 2. The molecule has 1 aromatic heterocycles. The SMILES string of the molecule is CC(C)(C)NC(=O)Cn1c(=S)[nH]c2c(Cl)cccc21. The Morgan fingerprint density at radius 2 is 2.16 bits per heavy atom. The Kier molecular flexibility index (Phi) is 3.69. The molecule has 2 N–H and O–H groups in total. The zero-order valence-electron chi connectivity index (χ0n) is 11.1. The van der Waals surface area contributed by atoms with E-state index in [4.69, 9.17) is 23.8 Å². The highest BCUT2D eigenvalue weighted by Crippen LogP contribution is 2.22. The topological polar surface area (TPSA) is 49.8 Å². The van der Waals surface area contributed by atoms with Crippen molar-refractivity contribution in [2.45, 2.75) is 32.9 Å². The summed E-state index contributed by atoms with van der Waals surface area (Å²) in [6.45, 7) is 6.00. The van der Waals surface area contributed by atoms with Gasteiger partial charge in [0.2, 0.25) is 5.91 Å². The maximum atomic E-state index is 12.0. The monoisotopic (exact) mass is 297 g/mol. The molecule has 6 heteroatoms. The number of carbonyl (C=O) groups is 1. The summed E-state index contributed by atoms with van der Waals surface area (Å²) < 4.78 is 2.24. The second-order valence-electron chi connectivity index (χ2n) is 5.45. The van der Waals surface area contributed by atoms with Crippen LogP contribution in [0.3, 0.4) is 0 Å². The second kappa shape index (κ2) is 4.98. The summed E-state index contributed by atoms with van der Waals surface area (Å²) in [5, 5.41) is 3.51. The molecule has 0 aliphatic rings. The first-order chi connectivity index (χ1) is 8.78. The number of nitrogens with zero attached hydrogens (tertiary/aromatic N) is 1. The molecular formula is C13H16ClN3OS. The molecule has 1 aromatic carbocycles. The lowest BCUT2D eigenvalue weighted by molar-refractivity contribution is -0.123.